The number of thiazole rings is 1. The van der Waals surface area contributed by atoms with Crippen LogP contribution in [0, 0.1) is 19.7 Å². The van der Waals surface area contributed by atoms with Crippen LogP contribution in [-0.2, 0) is 5.54 Å². The molecular weight excluding hydrogens is 519 g/mol. The number of rotatable bonds is 4. The summed E-state index contributed by atoms with van der Waals surface area (Å²) in [6.07, 6.45) is 1.62. The van der Waals surface area contributed by atoms with E-state index in [2.05, 4.69) is 11.9 Å². The van der Waals surface area contributed by atoms with Gasteiger partial charge in [-0.2, -0.15) is 0 Å². The van der Waals surface area contributed by atoms with Gasteiger partial charge in [-0.3, -0.25) is 4.79 Å². The van der Waals surface area contributed by atoms with Crippen LogP contribution in [0.3, 0.4) is 0 Å². The average Bonchev–Trinajstić information content (AvgIpc) is 3.64. The average molecular weight is 545 g/mol. The van der Waals surface area contributed by atoms with E-state index >= 15 is 0 Å². The molecule has 1 aliphatic heterocycles. The molecule has 0 spiro atoms. The summed E-state index contributed by atoms with van der Waals surface area (Å²) in [4.78, 5) is 30.1. The summed E-state index contributed by atoms with van der Waals surface area (Å²) in [6.45, 7) is 6.63. The third-order valence-corrected chi connectivity index (χ3v) is 9.04. The maximum absolute atomic E-state index is 14.3. The molecule has 1 saturated heterocycles. The van der Waals surface area contributed by atoms with E-state index in [0.29, 0.717) is 17.3 Å². The molecule has 1 aliphatic rings. The number of likely N-dealkylation sites (tertiary alicyclic amines) is 1. The van der Waals surface area contributed by atoms with Crippen LogP contribution in [0.25, 0.3) is 32.0 Å². The molecule has 192 valence electrons. The van der Waals surface area contributed by atoms with Crippen LogP contribution < -0.4 is 0 Å². The van der Waals surface area contributed by atoms with Crippen LogP contribution in [0.15, 0.2) is 60.7 Å². The van der Waals surface area contributed by atoms with E-state index in [1.165, 1.54) is 23.5 Å². The monoisotopic (exact) mass is 544 g/mol. The van der Waals surface area contributed by atoms with Crippen LogP contribution in [0.2, 0.25) is 5.02 Å². The smallest absolute Gasteiger partial charge is 0.274 e. The zero-order valence-electron chi connectivity index (χ0n) is 21.3. The Morgan fingerprint density at radius 3 is 2.47 bits per heavy atom. The molecule has 1 amide bonds. The lowest BCUT2D eigenvalue weighted by molar-refractivity contribution is 0.0601. The molecular formula is C30H26ClFN4OS. The Balaban J connectivity index is 1.45. The van der Waals surface area contributed by atoms with Gasteiger partial charge >= 0.3 is 0 Å². The lowest BCUT2D eigenvalue weighted by Crippen LogP contribution is -2.44. The number of nitrogens with zero attached hydrogens (tertiary/aromatic N) is 3. The van der Waals surface area contributed by atoms with E-state index in [9.17, 15) is 9.18 Å². The first kappa shape index (κ1) is 24.8. The van der Waals surface area contributed by atoms with Gasteiger partial charge in [0.25, 0.3) is 5.91 Å². The topological polar surface area (TPSA) is 61.9 Å². The zero-order chi connectivity index (χ0) is 26.6. The largest absolute Gasteiger partial charge is 0.340 e. The van der Waals surface area contributed by atoms with Crippen LogP contribution in [0.1, 0.15) is 47.2 Å². The number of amides is 1. The lowest BCUT2D eigenvalue weighted by atomic mass is 9.97. The molecule has 1 N–H and O–H groups in total. The number of aryl methyl sites for hydroxylation is 2. The molecule has 6 rings (SSSR count). The minimum Gasteiger partial charge on any atom is -0.340 e. The van der Waals surface area contributed by atoms with E-state index in [0.717, 1.165) is 61.8 Å². The highest BCUT2D eigenvalue weighted by atomic mass is 35.5. The molecule has 0 saturated carbocycles. The fourth-order valence-corrected chi connectivity index (χ4v) is 6.41. The van der Waals surface area contributed by atoms with Gasteiger partial charge in [0.1, 0.15) is 22.3 Å². The van der Waals surface area contributed by atoms with E-state index in [-0.39, 0.29) is 11.7 Å². The summed E-state index contributed by atoms with van der Waals surface area (Å²) in [7, 11) is 0. The second-order valence-electron chi connectivity index (χ2n) is 10.1. The second-order valence-corrected chi connectivity index (χ2v) is 11.5. The molecule has 8 heteroatoms. The zero-order valence-corrected chi connectivity index (χ0v) is 22.9. The van der Waals surface area contributed by atoms with Gasteiger partial charge in [-0.1, -0.05) is 53.6 Å². The SMILES string of the molecule is Cc1ccc(-c2nc(C(=O)N3CCCC3(C)c3nc4c(C)c(Cl)ccc4[nH]3)c(-c3ccc(F)cc3)s2)cc1. The molecule has 1 atom stereocenters. The Morgan fingerprint density at radius 2 is 1.74 bits per heavy atom. The van der Waals surface area contributed by atoms with Gasteiger partial charge in [0.15, 0.2) is 0 Å². The molecule has 0 radical (unpaired) electrons. The first-order valence-corrected chi connectivity index (χ1v) is 13.7. The number of hydrogen-bond donors (Lipinski definition) is 1. The molecule has 1 fully saturated rings. The van der Waals surface area contributed by atoms with Gasteiger partial charge in [0.05, 0.1) is 21.4 Å². The number of benzene rings is 3. The van der Waals surface area contributed by atoms with Crippen molar-refractivity contribution in [1.29, 1.82) is 0 Å². The Kier molecular flexibility index (Phi) is 6.08. The Labute approximate surface area is 229 Å². The Morgan fingerprint density at radius 1 is 1.03 bits per heavy atom. The molecule has 38 heavy (non-hydrogen) atoms. The molecule has 0 bridgehead atoms. The number of carbonyl (C=O) groups excluding carboxylic acids is 1. The molecule has 2 aromatic heterocycles. The summed E-state index contributed by atoms with van der Waals surface area (Å²) in [6, 6.07) is 18.1. The van der Waals surface area contributed by atoms with Crippen molar-refractivity contribution in [1.82, 2.24) is 19.9 Å². The normalized spacial score (nSPS) is 17.4. The van der Waals surface area contributed by atoms with Gasteiger partial charge in [0, 0.05) is 17.1 Å². The van der Waals surface area contributed by atoms with Gasteiger partial charge in [-0.15, -0.1) is 11.3 Å². The molecule has 1 unspecified atom stereocenters. The maximum Gasteiger partial charge on any atom is 0.274 e. The first-order chi connectivity index (χ1) is 18.2. The third-order valence-electron chi connectivity index (χ3n) is 7.47. The number of aromatic amines is 1. The fraction of sp³-hybridized carbons (Fsp3) is 0.233. The lowest BCUT2D eigenvalue weighted by Gasteiger charge is -2.33. The number of carbonyl (C=O) groups is 1. The maximum atomic E-state index is 14.3. The molecule has 5 nitrogen and oxygen atoms in total. The predicted octanol–water partition coefficient (Wildman–Crippen LogP) is 7.91. The van der Waals surface area contributed by atoms with Gasteiger partial charge < -0.3 is 9.88 Å². The van der Waals surface area contributed by atoms with Gasteiger partial charge in [0.2, 0.25) is 0 Å². The van der Waals surface area contributed by atoms with Crippen LogP contribution in [0.4, 0.5) is 4.39 Å². The highest BCUT2D eigenvalue weighted by molar-refractivity contribution is 7.18. The van der Waals surface area contributed by atoms with Crippen molar-refractivity contribution >= 4 is 39.9 Å². The summed E-state index contributed by atoms with van der Waals surface area (Å²) in [5.41, 5.74) is 5.21. The summed E-state index contributed by atoms with van der Waals surface area (Å²) < 4.78 is 13.7. The van der Waals surface area contributed by atoms with Crippen LogP contribution in [-0.4, -0.2) is 32.3 Å². The fourth-order valence-electron chi connectivity index (χ4n) is 5.19. The summed E-state index contributed by atoms with van der Waals surface area (Å²) in [5.74, 6) is 0.257. The van der Waals surface area contributed by atoms with E-state index in [1.54, 1.807) is 12.1 Å². The highest BCUT2D eigenvalue weighted by Gasteiger charge is 2.45. The highest BCUT2D eigenvalue weighted by Crippen LogP contribution is 2.42. The minimum absolute atomic E-state index is 0.158. The Hall–Kier alpha value is -3.55. The van der Waals surface area contributed by atoms with Crippen molar-refractivity contribution < 1.29 is 9.18 Å². The molecule has 5 aromatic rings. The number of H-pyrrole nitrogens is 1. The van der Waals surface area contributed by atoms with Crippen molar-refractivity contribution in [2.75, 3.05) is 6.54 Å². The molecule has 3 aromatic carbocycles. The van der Waals surface area contributed by atoms with Crippen molar-refractivity contribution in [3.8, 4) is 21.0 Å². The van der Waals surface area contributed by atoms with E-state index in [4.69, 9.17) is 21.6 Å². The van der Waals surface area contributed by atoms with Crippen molar-refractivity contribution in [2.45, 2.75) is 39.2 Å². The quantitative estimate of drug-likeness (QED) is 0.250. The Bertz CT molecular complexity index is 1680. The summed E-state index contributed by atoms with van der Waals surface area (Å²) >= 11 is 7.80. The molecule has 0 aliphatic carbocycles. The minimum atomic E-state index is -0.636. The number of hydrogen-bond acceptors (Lipinski definition) is 4. The standard InChI is InChI=1S/C30H26ClFN4OS/c1-17-5-7-20(8-6-17)27-34-25(26(38-27)19-9-11-21(32)12-10-19)28(37)36-16-4-15-30(36,3)29-33-23-14-13-22(31)18(2)24(23)35-29/h5-14H,4,15-16H2,1-3H3,(H,33,35). The van der Waals surface area contributed by atoms with Gasteiger partial charge in [-0.05, 0) is 69.0 Å². The van der Waals surface area contributed by atoms with Crippen LogP contribution >= 0.6 is 22.9 Å². The van der Waals surface area contributed by atoms with Crippen molar-refractivity contribution in [2.24, 2.45) is 0 Å². The number of halogens is 2. The van der Waals surface area contributed by atoms with Crippen molar-refractivity contribution in [3.63, 3.8) is 0 Å². The first-order valence-electron chi connectivity index (χ1n) is 12.6. The van der Waals surface area contributed by atoms with E-state index < -0.39 is 5.54 Å². The number of imidazole rings is 1. The number of aromatic nitrogens is 3. The molecule has 3 heterocycles. The predicted molar refractivity (Wildman–Crippen MR) is 151 cm³/mol. The number of fused-ring (bicyclic) bond motifs is 1. The van der Waals surface area contributed by atoms with Crippen LogP contribution in [0.5, 0.6) is 0 Å². The summed E-state index contributed by atoms with van der Waals surface area (Å²) in [5, 5.41) is 1.41. The number of nitrogens with one attached hydrogen (secondary N) is 1. The third kappa shape index (κ3) is 4.10. The van der Waals surface area contributed by atoms with Crippen molar-refractivity contribution in [3.05, 3.63) is 94.1 Å². The second kappa shape index (κ2) is 9.33. The van der Waals surface area contributed by atoms with E-state index in [1.807, 2.05) is 55.1 Å². The van der Waals surface area contributed by atoms with Gasteiger partial charge in [-0.25, -0.2) is 14.4 Å².